The second-order valence-corrected chi connectivity index (χ2v) is 7.88. The Labute approximate surface area is 134 Å². The average molecular weight is 332 g/mol. The number of rotatable bonds is 8. The third-order valence-electron chi connectivity index (χ3n) is 3.55. The van der Waals surface area contributed by atoms with Crippen molar-refractivity contribution in [2.75, 3.05) is 6.54 Å². The molecule has 0 heterocycles. The number of alkyl halides is 1. The fourth-order valence-corrected chi connectivity index (χ4v) is 4.60. The van der Waals surface area contributed by atoms with Crippen LogP contribution in [0.3, 0.4) is 0 Å². The van der Waals surface area contributed by atoms with E-state index in [1.807, 2.05) is 33.8 Å². The van der Waals surface area contributed by atoms with Crippen molar-refractivity contribution in [3.8, 4) is 0 Å². The Morgan fingerprint density at radius 2 is 1.81 bits per heavy atom. The number of hydrogen-bond acceptors (Lipinski definition) is 2. The highest BCUT2D eigenvalue weighted by atomic mass is 35.5. The summed E-state index contributed by atoms with van der Waals surface area (Å²) in [4.78, 5) is 0.341. The molecule has 0 aliphatic heterocycles. The highest BCUT2D eigenvalue weighted by Crippen LogP contribution is 2.24. The van der Waals surface area contributed by atoms with Crippen molar-refractivity contribution in [1.82, 2.24) is 4.31 Å². The van der Waals surface area contributed by atoms with Gasteiger partial charge in [0.1, 0.15) is 0 Å². The molecule has 0 saturated carbocycles. The average Bonchev–Trinajstić information content (AvgIpc) is 2.47. The van der Waals surface area contributed by atoms with Crippen LogP contribution in [0.15, 0.2) is 29.2 Å². The van der Waals surface area contributed by atoms with E-state index in [2.05, 4.69) is 0 Å². The van der Waals surface area contributed by atoms with Gasteiger partial charge in [-0.25, -0.2) is 8.42 Å². The van der Waals surface area contributed by atoms with Gasteiger partial charge in [0.05, 0.1) is 4.90 Å². The first-order valence-corrected chi connectivity index (χ1v) is 9.50. The Hall–Kier alpha value is -0.580. The van der Waals surface area contributed by atoms with Gasteiger partial charge in [-0.05, 0) is 36.5 Å². The van der Waals surface area contributed by atoms with Gasteiger partial charge in [0, 0.05) is 18.5 Å². The molecule has 0 N–H and O–H groups in total. The van der Waals surface area contributed by atoms with Gasteiger partial charge in [-0.3, -0.25) is 0 Å². The Morgan fingerprint density at radius 3 is 2.29 bits per heavy atom. The highest BCUT2D eigenvalue weighted by Gasteiger charge is 2.30. The van der Waals surface area contributed by atoms with Crippen LogP contribution < -0.4 is 0 Å². The molecule has 0 amide bonds. The lowest BCUT2D eigenvalue weighted by atomic mass is 10.1. The quantitative estimate of drug-likeness (QED) is 0.667. The molecule has 0 spiro atoms. The zero-order chi connectivity index (χ0) is 16.0. The zero-order valence-corrected chi connectivity index (χ0v) is 14.9. The number of benzene rings is 1. The van der Waals surface area contributed by atoms with Crippen LogP contribution in [-0.2, 0) is 15.9 Å². The summed E-state index contributed by atoms with van der Waals surface area (Å²) in [6, 6.07) is 6.97. The molecule has 0 saturated heterocycles. The molecule has 0 fully saturated rings. The first-order chi connectivity index (χ1) is 9.86. The summed E-state index contributed by atoms with van der Waals surface area (Å²) in [7, 11) is -3.48. The van der Waals surface area contributed by atoms with Crippen molar-refractivity contribution in [3.05, 3.63) is 29.8 Å². The maximum atomic E-state index is 13.0. The molecule has 0 aromatic heterocycles. The number of halogens is 1. The van der Waals surface area contributed by atoms with E-state index < -0.39 is 10.0 Å². The van der Waals surface area contributed by atoms with Crippen molar-refractivity contribution in [3.63, 3.8) is 0 Å². The topological polar surface area (TPSA) is 37.4 Å². The van der Waals surface area contributed by atoms with Gasteiger partial charge in [0.2, 0.25) is 10.0 Å². The van der Waals surface area contributed by atoms with Crippen molar-refractivity contribution >= 4 is 21.6 Å². The van der Waals surface area contributed by atoms with Gasteiger partial charge >= 0.3 is 0 Å². The monoisotopic (exact) mass is 331 g/mol. The zero-order valence-electron chi connectivity index (χ0n) is 13.3. The molecule has 21 heavy (non-hydrogen) atoms. The van der Waals surface area contributed by atoms with Crippen LogP contribution in [0, 0.1) is 5.92 Å². The lowest BCUT2D eigenvalue weighted by Gasteiger charge is -2.31. The van der Waals surface area contributed by atoms with Crippen molar-refractivity contribution < 1.29 is 8.42 Å². The summed E-state index contributed by atoms with van der Waals surface area (Å²) < 4.78 is 27.6. The van der Waals surface area contributed by atoms with E-state index in [0.29, 0.717) is 17.3 Å². The normalized spacial score (nSPS) is 12.6. The predicted molar refractivity (Wildman–Crippen MR) is 89.1 cm³/mol. The Kier molecular flexibility index (Phi) is 7.17. The summed E-state index contributed by atoms with van der Waals surface area (Å²) >= 11 is 5.82. The molecule has 0 aliphatic rings. The fraction of sp³-hybridized carbons (Fsp3) is 0.625. The fourth-order valence-electron chi connectivity index (χ4n) is 2.42. The van der Waals surface area contributed by atoms with E-state index in [0.717, 1.165) is 18.4 Å². The van der Waals surface area contributed by atoms with E-state index in [9.17, 15) is 8.42 Å². The van der Waals surface area contributed by atoms with E-state index in [1.165, 1.54) is 0 Å². The molecule has 0 radical (unpaired) electrons. The molecule has 0 aliphatic carbocycles. The van der Waals surface area contributed by atoms with Crippen molar-refractivity contribution in [1.29, 1.82) is 0 Å². The molecule has 1 rings (SSSR count). The van der Waals surface area contributed by atoms with Crippen LogP contribution in [0.25, 0.3) is 0 Å². The minimum absolute atomic E-state index is 0.0389. The summed E-state index contributed by atoms with van der Waals surface area (Å²) in [6.45, 7) is 8.69. The minimum atomic E-state index is -3.48. The number of hydrogen-bond donors (Lipinski definition) is 0. The second-order valence-electron chi connectivity index (χ2n) is 5.72. The molecule has 0 atom stereocenters. The maximum Gasteiger partial charge on any atom is 0.243 e. The molecular weight excluding hydrogens is 306 g/mol. The summed E-state index contributed by atoms with van der Waals surface area (Å²) in [5, 5.41) is 0. The van der Waals surface area contributed by atoms with E-state index >= 15 is 0 Å². The standard InChI is InChI=1S/C16H26ClNO2S/c1-5-15(6-2)18(12-13(3)4)21(19,20)16-9-7-8-14(10-16)11-17/h7-10,13,15H,5-6,11-12H2,1-4H3. The molecule has 120 valence electrons. The molecule has 0 unspecified atom stereocenters. The first-order valence-electron chi connectivity index (χ1n) is 7.53. The highest BCUT2D eigenvalue weighted by molar-refractivity contribution is 7.89. The summed E-state index contributed by atoms with van der Waals surface area (Å²) in [5.74, 6) is 0.606. The van der Waals surface area contributed by atoms with Gasteiger partial charge in [-0.2, -0.15) is 4.31 Å². The van der Waals surface area contributed by atoms with Crippen LogP contribution in [0.5, 0.6) is 0 Å². The molecule has 0 bridgehead atoms. The van der Waals surface area contributed by atoms with E-state index in [1.54, 1.807) is 22.5 Å². The Morgan fingerprint density at radius 1 is 1.19 bits per heavy atom. The van der Waals surface area contributed by atoms with Crippen molar-refractivity contribution in [2.45, 2.75) is 57.4 Å². The van der Waals surface area contributed by atoms with Crippen LogP contribution in [0.2, 0.25) is 0 Å². The van der Waals surface area contributed by atoms with Crippen molar-refractivity contribution in [2.24, 2.45) is 5.92 Å². The predicted octanol–water partition coefficient (Wildman–Crippen LogP) is 4.26. The molecule has 5 heteroatoms. The van der Waals surface area contributed by atoms with Crippen LogP contribution in [0.1, 0.15) is 46.1 Å². The van der Waals surface area contributed by atoms with E-state index in [-0.39, 0.29) is 12.0 Å². The Balaban J connectivity index is 3.25. The molecular formula is C16H26ClNO2S. The third-order valence-corrected chi connectivity index (χ3v) is 5.78. The smallest absolute Gasteiger partial charge is 0.207 e. The van der Waals surface area contributed by atoms with E-state index in [4.69, 9.17) is 11.6 Å². The lowest BCUT2D eigenvalue weighted by Crippen LogP contribution is -2.41. The Bertz CT molecular complexity index is 539. The summed E-state index contributed by atoms with van der Waals surface area (Å²) in [5.41, 5.74) is 0.826. The van der Waals surface area contributed by atoms with Gasteiger partial charge in [0.25, 0.3) is 0 Å². The van der Waals surface area contributed by atoms with Crippen LogP contribution in [0.4, 0.5) is 0 Å². The largest absolute Gasteiger partial charge is 0.243 e. The van der Waals surface area contributed by atoms with Gasteiger partial charge in [-0.1, -0.05) is 39.8 Å². The first kappa shape index (κ1) is 18.5. The maximum absolute atomic E-state index is 13.0. The molecule has 3 nitrogen and oxygen atoms in total. The van der Waals surface area contributed by atoms with Gasteiger partial charge in [0.15, 0.2) is 0 Å². The molecule has 1 aromatic carbocycles. The number of nitrogens with zero attached hydrogens (tertiary/aromatic N) is 1. The second kappa shape index (κ2) is 8.16. The van der Waals surface area contributed by atoms with Crippen LogP contribution >= 0.6 is 11.6 Å². The molecule has 1 aromatic rings. The SMILES string of the molecule is CCC(CC)N(CC(C)C)S(=O)(=O)c1cccc(CCl)c1. The number of sulfonamides is 1. The van der Waals surface area contributed by atoms with Crippen LogP contribution in [-0.4, -0.2) is 25.3 Å². The lowest BCUT2D eigenvalue weighted by molar-refractivity contribution is 0.277. The van der Waals surface area contributed by atoms with Gasteiger partial charge < -0.3 is 0 Å². The minimum Gasteiger partial charge on any atom is -0.207 e. The van der Waals surface area contributed by atoms with Gasteiger partial charge in [-0.15, -0.1) is 11.6 Å². The summed E-state index contributed by atoms with van der Waals surface area (Å²) in [6.07, 6.45) is 1.63. The third kappa shape index (κ3) is 4.70.